The van der Waals surface area contributed by atoms with Gasteiger partial charge in [-0.2, -0.15) is 9.90 Å². The highest BCUT2D eigenvalue weighted by molar-refractivity contribution is 7.65. The lowest BCUT2D eigenvalue weighted by Crippen LogP contribution is -2.16. The minimum atomic E-state index is -1.96. The lowest BCUT2D eigenvalue weighted by Gasteiger charge is -2.30. The molecule has 17 heavy (non-hydrogen) atoms. The van der Waals surface area contributed by atoms with E-state index >= 15 is 0 Å². The van der Waals surface area contributed by atoms with Crippen LogP contribution in [0.4, 0.5) is 0 Å². The highest BCUT2D eigenvalue weighted by atomic mass is 31.2. The van der Waals surface area contributed by atoms with E-state index in [-0.39, 0.29) is 15.4 Å². The molecule has 3 unspecified atom stereocenters. The first-order chi connectivity index (χ1) is 6.88. The fourth-order valence-corrected chi connectivity index (χ4v) is 5.86. The van der Waals surface area contributed by atoms with Crippen molar-refractivity contribution in [2.45, 2.75) is 72.1 Å². The summed E-state index contributed by atoms with van der Waals surface area (Å²) in [6.07, 6.45) is 4.18. The van der Waals surface area contributed by atoms with Crippen LogP contribution in [-0.4, -0.2) is 23.0 Å². The molecule has 0 amide bonds. The summed E-state index contributed by atoms with van der Waals surface area (Å²) < 4.78 is 13.0. The van der Waals surface area contributed by atoms with Crippen molar-refractivity contribution in [3.8, 4) is 0 Å². The third-order valence-corrected chi connectivity index (χ3v) is 8.40. The van der Waals surface area contributed by atoms with Crippen molar-refractivity contribution in [3.05, 3.63) is 0 Å². The van der Waals surface area contributed by atoms with Crippen LogP contribution in [0.2, 0.25) is 0 Å². The molecule has 0 heterocycles. The Labute approximate surface area is 112 Å². The Morgan fingerprint density at radius 3 is 1.53 bits per heavy atom. The van der Waals surface area contributed by atoms with Gasteiger partial charge in [0, 0.05) is 17.5 Å². The molecule has 0 radical (unpaired) electrons. The van der Waals surface area contributed by atoms with Crippen LogP contribution in [0.5, 0.6) is 0 Å². The summed E-state index contributed by atoms with van der Waals surface area (Å²) in [5, 5.41) is 0. The average Bonchev–Trinajstić information content (AvgIpc) is 2.23. The number of rotatable bonds is 7. The molecule has 0 aromatic heterocycles. The van der Waals surface area contributed by atoms with Crippen molar-refractivity contribution in [1.82, 2.24) is 0 Å². The predicted octanol–water partition coefficient (Wildman–Crippen LogP) is 4.23. The average molecular weight is 284 g/mol. The maximum atomic E-state index is 13.0. The molecule has 0 aromatic rings. The zero-order valence-corrected chi connectivity index (χ0v) is 14.9. The fourth-order valence-electron chi connectivity index (χ4n) is 1.95. The summed E-state index contributed by atoms with van der Waals surface area (Å²) in [4.78, 5) is 0. The van der Waals surface area contributed by atoms with Crippen LogP contribution < -0.4 is 0 Å². The van der Waals surface area contributed by atoms with E-state index < -0.39 is 7.14 Å². The Morgan fingerprint density at radius 1 is 0.941 bits per heavy atom. The Kier molecular flexibility index (Phi) is 14.1. The summed E-state index contributed by atoms with van der Waals surface area (Å²) in [5.41, 5.74) is 0.817. The van der Waals surface area contributed by atoms with Crippen LogP contribution in [0, 0.1) is 5.92 Å². The number of hydrogen-bond donors (Lipinski definition) is 0. The molecule has 0 aromatic carbocycles. The van der Waals surface area contributed by atoms with Gasteiger partial charge in [-0.05, 0) is 25.2 Å². The molecule has 0 bridgehead atoms. The SMILES string of the molecule is CCC(C)P(=O)(CCC(C)C)C(C)CC.O.P. The molecular weight excluding hydrogens is 250 g/mol. The first-order valence-electron chi connectivity index (χ1n) is 6.46. The second kappa shape index (κ2) is 10.5. The number of hydrogen-bond acceptors (Lipinski definition) is 1. The van der Waals surface area contributed by atoms with Gasteiger partial charge < -0.3 is 10.0 Å². The first kappa shape index (κ1) is 22.8. The maximum Gasteiger partial charge on any atom is 0.0930 e. The molecule has 0 saturated heterocycles. The molecule has 4 heteroatoms. The molecule has 3 atom stereocenters. The van der Waals surface area contributed by atoms with Crippen LogP contribution in [0.1, 0.15) is 60.8 Å². The minimum absolute atomic E-state index is 0. The molecule has 0 fully saturated rings. The van der Waals surface area contributed by atoms with E-state index in [1.807, 2.05) is 0 Å². The van der Waals surface area contributed by atoms with E-state index in [1.165, 1.54) is 0 Å². The van der Waals surface area contributed by atoms with Crippen molar-refractivity contribution in [3.63, 3.8) is 0 Å². The zero-order chi connectivity index (χ0) is 12.1. The minimum Gasteiger partial charge on any atom is -0.412 e. The lowest BCUT2D eigenvalue weighted by atomic mass is 10.2. The molecule has 2 N–H and O–H groups in total. The summed E-state index contributed by atoms with van der Waals surface area (Å²) in [5.74, 6) is 0.673. The molecule has 2 nitrogen and oxygen atoms in total. The largest absolute Gasteiger partial charge is 0.412 e. The molecule has 0 saturated carbocycles. The van der Waals surface area contributed by atoms with E-state index in [4.69, 9.17) is 0 Å². The zero-order valence-electron chi connectivity index (χ0n) is 12.6. The van der Waals surface area contributed by atoms with Gasteiger partial charge in [0.25, 0.3) is 0 Å². The molecular formula is C13H34O2P2. The van der Waals surface area contributed by atoms with E-state index in [1.54, 1.807) is 0 Å². The van der Waals surface area contributed by atoms with Crippen LogP contribution in [0.15, 0.2) is 0 Å². The topological polar surface area (TPSA) is 48.6 Å². The van der Waals surface area contributed by atoms with E-state index in [0.717, 1.165) is 25.4 Å². The summed E-state index contributed by atoms with van der Waals surface area (Å²) in [6.45, 7) is 13.1. The van der Waals surface area contributed by atoms with Crippen LogP contribution in [-0.2, 0) is 4.57 Å². The predicted molar refractivity (Wildman–Crippen MR) is 86.2 cm³/mol. The molecule has 108 valence electrons. The third kappa shape index (κ3) is 6.94. The van der Waals surface area contributed by atoms with E-state index in [0.29, 0.717) is 17.2 Å². The summed E-state index contributed by atoms with van der Waals surface area (Å²) >= 11 is 0. The van der Waals surface area contributed by atoms with Gasteiger partial charge in [0.2, 0.25) is 0 Å². The molecule has 0 aliphatic carbocycles. The van der Waals surface area contributed by atoms with Crippen molar-refractivity contribution in [2.24, 2.45) is 5.92 Å². The standard InChI is InChI=1S/C13H29OP.H2O.H3P/c1-7-12(5)15(14,13(6)8-2)10-9-11(3)4;;/h11-13H,7-10H2,1-6H3;1H2;1H3. The van der Waals surface area contributed by atoms with Crippen molar-refractivity contribution >= 4 is 17.0 Å². The third-order valence-electron chi connectivity index (χ3n) is 3.73. The van der Waals surface area contributed by atoms with Crippen molar-refractivity contribution in [2.75, 3.05) is 6.16 Å². The Bertz CT molecular complexity index is 203. The second-order valence-electron chi connectivity index (χ2n) is 5.27. The lowest BCUT2D eigenvalue weighted by molar-refractivity contribution is 0.539. The van der Waals surface area contributed by atoms with E-state index in [9.17, 15) is 4.57 Å². The van der Waals surface area contributed by atoms with Crippen LogP contribution in [0.25, 0.3) is 0 Å². The van der Waals surface area contributed by atoms with Crippen LogP contribution in [0.3, 0.4) is 0 Å². The van der Waals surface area contributed by atoms with Gasteiger partial charge in [0.1, 0.15) is 0 Å². The molecule has 0 aliphatic rings. The maximum absolute atomic E-state index is 13.0. The smallest absolute Gasteiger partial charge is 0.0930 e. The van der Waals surface area contributed by atoms with Gasteiger partial charge in [0.15, 0.2) is 0 Å². The highest BCUT2D eigenvalue weighted by Gasteiger charge is 2.32. The molecule has 0 aliphatic heterocycles. The molecule has 0 spiro atoms. The quantitative estimate of drug-likeness (QED) is 0.645. The van der Waals surface area contributed by atoms with Gasteiger partial charge in [-0.3, -0.25) is 0 Å². The van der Waals surface area contributed by atoms with E-state index in [2.05, 4.69) is 41.5 Å². The van der Waals surface area contributed by atoms with Gasteiger partial charge in [-0.15, -0.1) is 0 Å². The van der Waals surface area contributed by atoms with Crippen molar-refractivity contribution < 1.29 is 10.0 Å². The van der Waals surface area contributed by atoms with Gasteiger partial charge in [-0.25, -0.2) is 0 Å². The first-order valence-corrected chi connectivity index (χ1v) is 8.49. The monoisotopic (exact) mass is 284 g/mol. The summed E-state index contributed by atoms with van der Waals surface area (Å²) in [7, 11) is -1.96. The van der Waals surface area contributed by atoms with Gasteiger partial charge in [0.05, 0.1) is 7.14 Å². The fraction of sp³-hybridized carbons (Fsp3) is 1.00. The highest BCUT2D eigenvalue weighted by Crippen LogP contribution is 2.57. The normalized spacial score (nSPS) is 17.6. The molecule has 0 rings (SSSR count). The van der Waals surface area contributed by atoms with Gasteiger partial charge >= 0.3 is 0 Å². The second-order valence-corrected chi connectivity index (χ2v) is 9.19. The Morgan fingerprint density at radius 2 is 1.29 bits per heavy atom. The van der Waals surface area contributed by atoms with Crippen LogP contribution >= 0.6 is 17.0 Å². The summed E-state index contributed by atoms with van der Waals surface area (Å²) in [6, 6.07) is 0. The Balaban J connectivity index is -0.000000980. The van der Waals surface area contributed by atoms with Gasteiger partial charge in [-0.1, -0.05) is 41.5 Å². The Hall–Kier alpha value is 0.620. The van der Waals surface area contributed by atoms with Crippen molar-refractivity contribution in [1.29, 1.82) is 0 Å².